The minimum absolute atomic E-state index is 0.225. The Hall–Kier alpha value is -2.09. The van der Waals surface area contributed by atoms with E-state index in [9.17, 15) is 0 Å². The van der Waals surface area contributed by atoms with Crippen molar-refractivity contribution in [2.45, 2.75) is 11.8 Å². The molecule has 0 radical (unpaired) electrons. The van der Waals surface area contributed by atoms with Crippen LogP contribution in [0.2, 0.25) is 0 Å². The molecule has 2 aromatic rings. The lowest BCUT2D eigenvalue weighted by molar-refractivity contribution is 0.343. The number of benzene rings is 2. The fraction of sp³-hybridized carbons (Fsp3) is 0.235. The van der Waals surface area contributed by atoms with Crippen LogP contribution in [0, 0.1) is 0 Å². The van der Waals surface area contributed by atoms with Crippen molar-refractivity contribution in [2.24, 2.45) is 4.99 Å². The van der Waals surface area contributed by atoms with Crippen molar-refractivity contribution in [3.8, 4) is 0 Å². The average molecular weight is 251 g/mol. The van der Waals surface area contributed by atoms with Gasteiger partial charge >= 0.3 is 0 Å². The van der Waals surface area contributed by atoms with Crippen LogP contribution in [0.15, 0.2) is 65.7 Å². The molecule has 0 amide bonds. The Morgan fingerprint density at radius 2 is 1.42 bits per heavy atom. The molecule has 0 spiro atoms. The first-order chi connectivity index (χ1) is 9.38. The third-order valence-electron chi connectivity index (χ3n) is 3.82. The van der Waals surface area contributed by atoms with Gasteiger partial charge in [-0.2, -0.15) is 0 Å². The van der Waals surface area contributed by atoms with Gasteiger partial charge in [0, 0.05) is 13.5 Å². The van der Waals surface area contributed by atoms with Gasteiger partial charge in [-0.3, -0.25) is 4.99 Å². The number of hydrogen-bond acceptors (Lipinski definition) is 2. The molecule has 0 aromatic heterocycles. The summed E-state index contributed by atoms with van der Waals surface area (Å²) < 4.78 is 5.78. The highest BCUT2D eigenvalue weighted by Crippen LogP contribution is 2.41. The van der Waals surface area contributed by atoms with Crippen LogP contribution in [-0.2, 0) is 10.2 Å². The molecule has 2 aromatic carbocycles. The van der Waals surface area contributed by atoms with Gasteiger partial charge < -0.3 is 4.74 Å². The van der Waals surface area contributed by atoms with Crippen LogP contribution in [-0.4, -0.2) is 19.6 Å². The van der Waals surface area contributed by atoms with E-state index in [1.54, 1.807) is 7.05 Å². The Labute approximate surface area is 113 Å². The van der Waals surface area contributed by atoms with Crippen molar-refractivity contribution in [3.05, 3.63) is 71.8 Å². The van der Waals surface area contributed by atoms with E-state index in [1.165, 1.54) is 11.1 Å². The van der Waals surface area contributed by atoms with Gasteiger partial charge in [0.05, 0.1) is 12.0 Å². The van der Waals surface area contributed by atoms with E-state index in [2.05, 4.69) is 53.5 Å². The second-order valence-electron chi connectivity index (χ2n) is 4.76. The highest BCUT2D eigenvalue weighted by Gasteiger charge is 2.45. The summed E-state index contributed by atoms with van der Waals surface area (Å²) in [6.45, 7) is 0.719. The van der Waals surface area contributed by atoms with E-state index in [1.807, 2.05) is 12.1 Å². The second-order valence-corrected chi connectivity index (χ2v) is 4.76. The summed E-state index contributed by atoms with van der Waals surface area (Å²) in [5, 5.41) is 0. The fourth-order valence-corrected chi connectivity index (χ4v) is 2.93. The summed E-state index contributed by atoms with van der Waals surface area (Å²) in [5.74, 6) is 0.824. The molecule has 2 heteroatoms. The quantitative estimate of drug-likeness (QED) is 0.801. The highest BCUT2D eigenvalue weighted by atomic mass is 16.5. The van der Waals surface area contributed by atoms with Crippen LogP contribution in [0.25, 0.3) is 0 Å². The van der Waals surface area contributed by atoms with Gasteiger partial charge in [0.2, 0.25) is 0 Å². The summed E-state index contributed by atoms with van der Waals surface area (Å²) in [5.41, 5.74) is 2.27. The van der Waals surface area contributed by atoms with Crippen molar-refractivity contribution in [1.82, 2.24) is 0 Å². The molecule has 1 heterocycles. The van der Waals surface area contributed by atoms with Crippen LogP contribution in [0.4, 0.5) is 0 Å². The normalized spacial score (nSPS) is 19.3. The van der Waals surface area contributed by atoms with Crippen LogP contribution in [0.3, 0.4) is 0 Å². The SMILES string of the molecule is C/N=C1\OCCC1(c1ccccc1)c1ccccc1. The van der Waals surface area contributed by atoms with Crippen molar-refractivity contribution < 1.29 is 4.74 Å². The third-order valence-corrected chi connectivity index (χ3v) is 3.82. The van der Waals surface area contributed by atoms with E-state index < -0.39 is 0 Å². The predicted molar refractivity (Wildman–Crippen MR) is 77.6 cm³/mol. The Balaban J connectivity index is 2.23. The molecule has 1 saturated heterocycles. The van der Waals surface area contributed by atoms with E-state index >= 15 is 0 Å². The number of rotatable bonds is 2. The Bertz CT molecular complexity index is 535. The first kappa shape index (κ1) is 12.0. The van der Waals surface area contributed by atoms with Gasteiger partial charge in [-0.15, -0.1) is 0 Å². The Morgan fingerprint density at radius 3 is 1.89 bits per heavy atom. The molecule has 0 saturated carbocycles. The number of ether oxygens (including phenoxy) is 1. The maximum absolute atomic E-state index is 5.78. The van der Waals surface area contributed by atoms with E-state index in [0.29, 0.717) is 0 Å². The van der Waals surface area contributed by atoms with E-state index in [-0.39, 0.29) is 5.41 Å². The summed E-state index contributed by atoms with van der Waals surface area (Å²) in [6, 6.07) is 21.0. The first-order valence-electron chi connectivity index (χ1n) is 6.59. The van der Waals surface area contributed by atoms with Crippen LogP contribution in [0.5, 0.6) is 0 Å². The maximum Gasteiger partial charge on any atom is 0.198 e. The van der Waals surface area contributed by atoms with Crippen molar-refractivity contribution >= 4 is 5.90 Å². The molecular formula is C17H17NO. The molecule has 1 aliphatic rings. The van der Waals surface area contributed by atoms with Gasteiger partial charge in [-0.25, -0.2) is 0 Å². The summed E-state index contributed by atoms with van der Waals surface area (Å²) in [4.78, 5) is 4.39. The third kappa shape index (κ3) is 1.84. The monoisotopic (exact) mass is 251 g/mol. The zero-order valence-corrected chi connectivity index (χ0v) is 11.0. The molecule has 1 fully saturated rings. The van der Waals surface area contributed by atoms with Gasteiger partial charge in [0.25, 0.3) is 0 Å². The molecule has 3 rings (SSSR count). The lowest BCUT2D eigenvalue weighted by atomic mass is 9.73. The van der Waals surface area contributed by atoms with Gasteiger partial charge in [0.1, 0.15) is 0 Å². The standard InChI is InChI=1S/C17H17NO/c1-18-16-17(12-13-19-16,14-8-4-2-5-9-14)15-10-6-3-7-11-15/h2-11H,12-13H2,1H3/b18-16-. The zero-order valence-electron chi connectivity index (χ0n) is 11.0. The van der Waals surface area contributed by atoms with Gasteiger partial charge in [0.15, 0.2) is 5.90 Å². The van der Waals surface area contributed by atoms with E-state index in [0.717, 1.165) is 18.9 Å². The molecule has 0 atom stereocenters. The molecule has 19 heavy (non-hydrogen) atoms. The van der Waals surface area contributed by atoms with Crippen LogP contribution >= 0.6 is 0 Å². The molecular weight excluding hydrogens is 234 g/mol. The smallest absolute Gasteiger partial charge is 0.198 e. The number of aliphatic imine (C=N–C) groups is 1. The fourth-order valence-electron chi connectivity index (χ4n) is 2.93. The molecule has 0 aliphatic carbocycles. The lowest BCUT2D eigenvalue weighted by Gasteiger charge is -2.28. The topological polar surface area (TPSA) is 21.6 Å². The molecule has 0 unspecified atom stereocenters. The van der Waals surface area contributed by atoms with Gasteiger partial charge in [-0.1, -0.05) is 60.7 Å². The predicted octanol–water partition coefficient (Wildman–Crippen LogP) is 3.42. The molecule has 1 aliphatic heterocycles. The summed E-state index contributed by atoms with van der Waals surface area (Å²) in [6.07, 6.45) is 0.938. The average Bonchev–Trinajstić information content (AvgIpc) is 2.94. The Kier molecular flexibility index (Phi) is 3.08. The van der Waals surface area contributed by atoms with Crippen molar-refractivity contribution in [2.75, 3.05) is 13.7 Å². The molecule has 2 nitrogen and oxygen atoms in total. The highest BCUT2D eigenvalue weighted by molar-refractivity contribution is 5.93. The summed E-state index contributed by atoms with van der Waals surface area (Å²) >= 11 is 0. The minimum Gasteiger partial charge on any atom is -0.480 e. The molecule has 96 valence electrons. The first-order valence-corrected chi connectivity index (χ1v) is 6.59. The van der Waals surface area contributed by atoms with Gasteiger partial charge in [-0.05, 0) is 11.1 Å². The Morgan fingerprint density at radius 1 is 0.895 bits per heavy atom. The van der Waals surface area contributed by atoms with Crippen LogP contribution in [0.1, 0.15) is 17.5 Å². The lowest BCUT2D eigenvalue weighted by Crippen LogP contribution is -2.33. The zero-order chi connectivity index (χ0) is 13.1. The number of hydrogen-bond donors (Lipinski definition) is 0. The molecule has 0 bridgehead atoms. The second kappa shape index (κ2) is 4.88. The van der Waals surface area contributed by atoms with Crippen LogP contribution < -0.4 is 0 Å². The van der Waals surface area contributed by atoms with E-state index in [4.69, 9.17) is 4.74 Å². The maximum atomic E-state index is 5.78. The molecule has 0 N–H and O–H groups in total. The largest absolute Gasteiger partial charge is 0.480 e. The van der Waals surface area contributed by atoms with Crippen molar-refractivity contribution in [3.63, 3.8) is 0 Å². The minimum atomic E-state index is -0.225. The van der Waals surface area contributed by atoms with Crippen molar-refractivity contribution in [1.29, 1.82) is 0 Å². The number of nitrogens with zero attached hydrogens (tertiary/aromatic N) is 1. The summed E-state index contributed by atoms with van der Waals surface area (Å²) in [7, 11) is 1.81.